The highest BCUT2D eigenvalue weighted by Crippen LogP contribution is 2.38. The Balaban J connectivity index is 1.09. The van der Waals surface area contributed by atoms with Crippen molar-refractivity contribution in [3.05, 3.63) is 251 Å². The zero-order chi connectivity index (χ0) is 49.7. The van der Waals surface area contributed by atoms with Crippen LogP contribution in [0, 0.1) is 0 Å². The first kappa shape index (κ1) is 52.0. The second-order valence-electron chi connectivity index (χ2n) is 18.2. The highest BCUT2D eigenvalue weighted by atomic mass is 16.8. The van der Waals surface area contributed by atoms with Crippen LogP contribution in [0.5, 0.6) is 0 Å². The topological polar surface area (TPSA) is 102 Å². The predicted molar refractivity (Wildman–Crippen MR) is 276 cm³/mol. The zero-order valence-electron chi connectivity index (χ0n) is 41.3. The van der Waals surface area contributed by atoms with Crippen molar-refractivity contribution < 1.29 is 52.1 Å². The summed E-state index contributed by atoms with van der Waals surface area (Å²) in [5, 5.41) is 0. The van der Waals surface area contributed by atoms with Gasteiger partial charge in [0.15, 0.2) is 12.6 Å². The van der Waals surface area contributed by atoms with E-state index in [1.807, 2.05) is 212 Å². The van der Waals surface area contributed by atoms with Gasteiger partial charge >= 0.3 is 0 Å². The molecule has 2 aliphatic rings. The number of rotatable bonds is 27. The summed E-state index contributed by atoms with van der Waals surface area (Å²) in [6, 6.07) is 70.4. The van der Waals surface area contributed by atoms with Crippen molar-refractivity contribution in [3.8, 4) is 0 Å². The maximum absolute atomic E-state index is 7.46. The van der Waals surface area contributed by atoms with Gasteiger partial charge in [-0.1, -0.05) is 212 Å². The molecule has 0 spiro atoms. The van der Waals surface area contributed by atoms with Crippen molar-refractivity contribution in [2.24, 2.45) is 0 Å². The first-order valence-electron chi connectivity index (χ1n) is 25.2. The number of hydrogen-bond donors (Lipinski definition) is 0. The summed E-state index contributed by atoms with van der Waals surface area (Å²) in [7, 11) is 1.61. The Labute approximate surface area is 429 Å². The minimum Gasteiger partial charge on any atom is -0.374 e. The third-order valence-electron chi connectivity index (χ3n) is 12.9. The Kier molecular flexibility index (Phi) is 19.9. The van der Waals surface area contributed by atoms with Crippen molar-refractivity contribution >= 4 is 0 Å². The summed E-state index contributed by atoms with van der Waals surface area (Å²) < 4.78 is 75.5. The van der Waals surface area contributed by atoms with Gasteiger partial charge in [0.25, 0.3) is 0 Å². The van der Waals surface area contributed by atoms with Gasteiger partial charge in [-0.25, -0.2) is 0 Å². The van der Waals surface area contributed by atoms with Gasteiger partial charge in [-0.2, -0.15) is 0 Å². The Hall–Kier alpha value is -5.90. The van der Waals surface area contributed by atoms with Gasteiger partial charge < -0.3 is 52.1 Å². The minimum absolute atomic E-state index is 0.131. The largest absolute Gasteiger partial charge is 0.374 e. The van der Waals surface area contributed by atoms with Crippen molar-refractivity contribution in [2.75, 3.05) is 20.3 Å². The molecule has 9 rings (SSSR count). The van der Waals surface area contributed by atoms with Crippen molar-refractivity contribution in [3.63, 3.8) is 0 Å². The molecule has 0 N–H and O–H groups in total. The molecule has 0 aliphatic carbocycles. The molecule has 10 atom stereocenters. The Morgan fingerprint density at radius 2 is 0.712 bits per heavy atom. The van der Waals surface area contributed by atoms with Crippen molar-refractivity contribution in [2.45, 2.75) is 108 Å². The van der Waals surface area contributed by atoms with E-state index in [1.165, 1.54) is 0 Å². The normalized spacial score (nSPS) is 23.3. The number of ether oxygens (including phenoxy) is 11. The van der Waals surface area contributed by atoms with E-state index in [0.29, 0.717) is 19.8 Å². The maximum atomic E-state index is 7.46. The fraction of sp³-hybridized carbons (Fsp3) is 0.323. The van der Waals surface area contributed by atoms with Crippen LogP contribution in [-0.2, 0) is 98.4 Å². The Morgan fingerprint density at radius 3 is 1.14 bits per heavy atom. The highest BCUT2D eigenvalue weighted by molar-refractivity contribution is 5.19. The quantitative estimate of drug-likeness (QED) is 0.0492. The molecule has 0 bridgehead atoms. The lowest BCUT2D eigenvalue weighted by atomic mass is 9.97. The SMILES string of the molecule is CO[C@H]1O[C@H](COCc2ccccc2)[C@@H](O[C@@H]2O[C@H]([C@@H](COCc3ccccc3)OCc3ccccc3)[C@H](OCc3ccccc3)[C@@H]2OCc2ccccc2)[C@H](OCc2ccccc2)[C@H]1OCc1ccccc1. The second-order valence-corrected chi connectivity index (χ2v) is 18.2. The zero-order valence-corrected chi connectivity index (χ0v) is 41.3. The molecule has 11 heteroatoms. The average Bonchev–Trinajstić information content (AvgIpc) is 3.79. The molecule has 0 radical (unpaired) electrons. The van der Waals surface area contributed by atoms with E-state index in [1.54, 1.807) is 7.11 Å². The molecule has 73 heavy (non-hydrogen) atoms. The first-order valence-corrected chi connectivity index (χ1v) is 25.2. The fourth-order valence-corrected chi connectivity index (χ4v) is 9.13. The van der Waals surface area contributed by atoms with E-state index >= 15 is 0 Å². The lowest BCUT2D eigenvalue weighted by Gasteiger charge is -2.46. The predicted octanol–water partition coefficient (Wildman–Crippen LogP) is 10.8. The summed E-state index contributed by atoms with van der Waals surface area (Å²) in [5.74, 6) is 0. The Morgan fingerprint density at radius 1 is 0.356 bits per heavy atom. The van der Waals surface area contributed by atoms with Crippen LogP contribution < -0.4 is 0 Å². The van der Waals surface area contributed by atoms with Gasteiger partial charge in [0.05, 0.1) is 59.5 Å². The molecule has 0 saturated carbocycles. The van der Waals surface area contributed by atoms with E-state index < -0.39 is 61.4 Å². The van der Waals surface area contributed by atoms with Crippen molar-refractivity contribution in [1.29, 1.82) is 0 Å². The van der Waals surface area contributed by atoms with Crippen LogP contribution in [0.2, 0.25) is 0 Å². The van der Waals surface area contributed by atoms with Gasteiger partial charge in [0.1, 0.15) is 48.8 Å². The van der Waals surface area contributed by atoms with E-state index in [2.05, 4.69) is 0 Å². The molecule has 0 unspecified atom stereocenters. The van der Waals surface area contributed by atoms with Crippen LogP contribution in [0.1, 0.15) is 38.9 Å². The number of methoxy groups -OCH3 is 1. The molecule has 380 valence electrons. The molecule has 2 aliphatic heterocycles. The molecule has 0 aromatic heterocycles. The van der Waals surface area contributed by atoms with Gasteiger partial charge in [0, 0.05) is 7.11 Å². The molecular formula is C62H66O11. The van der Waals surface area contributed by atoms with Crippen LogP contribution in [0.3, 0.4) is 0 Å². The van der Waals surface area contributed by atoms with Gasteiger partial charge in [0.2, 0.25) is 0 Å². The smallest absolute Gasteiger partial charge is 0.187 e. The standard InChI is InChI=1S/C62H66O11/c1-63-61-59(69-42-51-33-19-7-20-34-51)58(68-41-50-31-17-6-18-32-50)56(54(71-61)45-65-38-47-25-11-3-12-26-47)73-62-60(70-43-52-35-21-8-22-36-52)57(67-40-49-29-15-5-16-30-49)55(72-62)53(66-39-48-27-13-4-14-28-48)44-64-37-46-23-9-2-10-24-46/h2-36,53-62H,37-45H2,1H3/t53-,54-,55-,56-,57+,58+,59-,60+,61+,62+/m1/s1. The lowest BCUT2D eigenvalue weighted by molar-refractivity contribution is -0.344. The highest BCUT2D eigenvalue weighted by Gasteiger charge is 2.55. The molecule has 0 amide bonds. The van der Waals surface area contributed by atoms with Crippen molar-refractivity contribution in [1.82, 2.24) is 0 Å². The van der Waals surface area contributed by atoms with Crippen LogP contribution in [-0.4, -0.2) is 81.7 Å². The first-order chi connectivity index (χ1) is 36.2. The molecule has 2 heterocycles. The third-order valence-corrected chi connectivity index (χ3v) is 12.9. The van der Waals surface area contributed by atoms with E-state index in [4.69, 9.17) is 52.1 Å². The summed E-state index contributed by atoms with van der Waals surface area (Å²) in [6.07, 6.45) is -7.91. The van der Waals surface area contributed by atoms with Gasteiger partial charge in [-0.3, -0.25) is 0 Å². The van der Waals surface area contributed by atoms with Gasteiger partial charge in [-0.15, -0.1) is 0 Å². The molecule has 7 aromatic rings. The third kappa shape index (κ3) is 15.3. The monoisotopic (exact) mass is 986 g/mol. The van der Waals surface area contributed by atoms with E-state index in [9.17, 15) is 0 Å². The summed E-state index contributed by atoms with van der Waals surface area (Å²) >= 11 is 0. The summed E-state index contributed by atoms with van der Waals surface area (Å²) in [6.45, 7) is 2.39. The van der Waals surface area contributed by atoms with Crippen LogP contribution in [0.25, 0.3) is 0 Å². The van der Waals surface area contributed by atoms with E-state index in [0.717, 1.165) is 38.9 Å². The van der Waals surface area contributed by atoms with Crippen LogP contribution in [0.15, 0.2) is 212 Å². The van der Waals surface area contributed by atoms with Crippen LogP contribution in [0.4, 0.5) is 0 Å². The van der Waals surface area contributed by atoms with Crippen LogP contribution >= 0.6 is 0 Å². The average molecular weight is 987 g/mol. The minimum atomic E-state index is -1.05. The van der Waals surface area contributed by atoms with Gasteiger partial charge in [-0.05, 0) is 38.9 Å². The molecule has 7 aromatic carbocycles. The molecule has 11 nitrogen and oxygen atoms in total. The second kappa shape index (κ2) is 28.0. The lowest BCUT2D eigenvalue weighted by Crippen LogP contribution is -2.62. The molecule has 2 saturated heterocycles. The summed E-state index contributed by atoms with van der Waals surface area (Å²) in [5.41, 5.74) is 6.99. The number of hydrogen-bond acceptors (Lipinski definition) is 11. The Bertz CT molecular complexity index is 2560. The molecular weight excluding hydrogens is 921 g/mol. The maximum Gasteiger partial charge on any atom is 0.187 e. The summed E-state index contributed by atoms with van der Waals surface area (Å²) in [4.78, 5) is 0. The molecule has 2 fully saturated rings. The number of benzene rings is 7. The van der Waals surface area contributed by atoms with E-state index in [-0.39, 0.29) is 39.6 Å². The fourth-order valence-electron chi connectivity index (χ4n) is 9.13.